The zero-order valence-electron chi connectivity index (χ0n) is 11.0. The van der Waals surface area contributed by atoms with Crippen LogP contribution in [0.25, 0.3) is 0 Å². The van der Waals surface area contributed by atoms with E-state index in [1.165, 1.54) is 18.4 Å². The van der Waals surface area contributed by atoms with E-state index in [1.54, 1.807) is 18.2 Å². The maximum absolute atomic E-state index is 5.86. The van der Waals surface area contributed by atoms with Crippen LogP contribution in [0.4, 0.5) is 5.69 Å². The van der Waals surface area contributed by atoms with Gasteiger partial charge in [0.15, 0.2) is 0 Å². The predicted octanol–water partition coefficient (Wildman–Crippen LogP) is 5.06. The number of benzene rings is 2. The number of ether oxygens (including phenoxy) is 1. The molecule has 0 aliphatic rings. The molecule has 0 amide bonds. The first-order valence-corrected chi connectivity index (χ1v) is 6.88. The summed E-state index contributed by atoms with van der Waals surface area (Å²) in [5.74, 6) is 1.42. The first-order valence-electron chi connectivity index (χ1n) is 6.51. The van der Waals surface area contributed by atoms with Gasteiger partial charge >= 0.3 is 0 Å². The highest BCUT2D eigenvalue weighted by molar-refractivity contribution is 6.30. The molecule has 3 heteroatoms. The number of nitrogens with two attached hydrogens (primary N) is 1. The smallest absolute Gasteiger partial charge is 0.150 e. The third-order valence-electron chi connectivity index (χ3n) is 2.94. The lowest BCUT2D eigenvalue weighted by atomic mass is 10.1. The van der Waals surface area contributed by atoms with Gasteiger partial charge in [-0.2, -0.15) is 0 Å². The molecule has 0 heterocycles. The molecule has 0 aliphatic carbocycles. The van der Waals surface area contributed by atoms with Crippen LogP contribution in [0.5, 0.6) is 11.5 Å². The maximum Gasteiger partial charge on any atom is 0.150 e. The Labute approximate surface area is 119 Å². The summed E-state index contributed by atoms with van der Waals surface area (Å²) in [6.45, 7) is 2.20. The third kappa shape index (κ3) is 3.90. The fraction of sp³-hybridized carbons (Fsp3) is 0.250. The largest absolute Gasteiger partial charge is 0.455 e. The molecule has 2 aromatic carbocycles. The normalized spacial score (nSPS) is 10.4. The molecule has 19 heavy (non-hydrogen) atoms. The van der Waals surface area contributed by atoms with Crippen LogP contribution in [0.2, 0.25) is 5.02 Å². The van der Waals surface area contributed by atoms with E-state index >= 15 is 0 Å². The Balaban J connectivity index is 2.06. The second-order valence-corrected chi connectivity index (χ2v) is 4.97. The average Bonchev–Trinajstić information content (AvgIpc) is 2.41. The number of hydrogen-bond acceptors (Lipinski definition) is 2. The molecular weight excluding hydrogens is 258 g/mol. The highest BCUT2D eigenvalue weighted by atomic mass is 35.5. The summed E-state index contributed by atoms with van der Waals surface area (Å²) < 4.78 is 5.74. The zero-order chi connectivity index (χ0) is 13.7. The van der Waals surface area contributed by atoms with E-state index < -0.39 is 0 Å². The van der Waals surface area contributed by atoms with Crippen LogP contribution in [0.3, 0.4) is 0 Å². The molecule has 0 unspecified atom stereocenters. The second-order valence-electron chi connectivity index (χ2n) is 4.53. The topological polar surface area (TPSA) is 35.2 Å². The molecule has 0 aromatic heterocycles. The van der Waals surface area contributed by atoms with Gasteiger partial charge in [0.25, 0.3) is 0 Å². The van der Waals surface area contributed by atoms with Crippen LogP contribution in [-0.4, -0.2) is 0 Å². The Morgan fingerprint density at radius 3 is 2.47 bits per heavy atom. The lowest BCUT2D eigenvalue weighted by molar-refractivity contribution is 0.485. The first-order chi connectivity index (χ1) is 9.19. The van der Waals surface area contributed by atoms with Gasteiger partial charge in [-0.3, -0.25) is 0 Å². The summed E-state index contributed by atoms with van der Waals surface area (Å²) in [6.07, 6.45) is 3.53. The zero-order valence-corrected chi connectivity index (χ0v) is 11.8. The molecule has 0 fully saturated rings. The van der Waals surface area contributed by atoms with Gasteiger partial charge in [0.1, 0.15) is 11.5 Å². The van der Waals surface area contributed by atoms with Crippen molar-refractivity contribution in [3.63, 3.8) is 0 Å². The number of hydrogen-bond donors (Lipinski definition) is 1. The molecule has 2 nitrogen and oxygen atoms in total. The number of halogens is 1. The summed E-state index contributed by atoms with van der Waals surface area (Å²) in [6, 6.07) is 13.4. The number of anilines is 1. The van der Waals surface area contributed by atoms with E-state index in [0.717, 1.165) is 12.2 Å². The van der Waals surface area contributed by atoms with Crippen LogP contribution >= 0.6 is 11.6 Å². The van der Waals surface area contributed by atoms with Gasteiger partial charge in [-0.15, -0.1) is 0 Å². The Hall–Kier alpha value is -1.67. The van der Waals surface area contributed by atoms with Crippen molar-refractivity contribution in [1.82, 2.24) is 0 Å². The molecule has 2 aromatic rings. The van der Waals surface area contributed by atoms with Gasteiger partial charge in [0, 0.05) is 5.02 Å². The third-order valence-corrected chi connectivity index (χ3v) is 3.18. The molecular formula is C16H18ClNO. The Kier molecular flexibility index (Phi) is 4.69. The Morgan fingerprint density at radius 1 is 1.11 bits per heavy atom. The minimum absolute atomic E-state index is 0.544. The van der Waals surface area contributed by atoms with Gasteiger partial charge in [-0.05, 0) is 48.7 Å². The van der Waals surface area contributed by atoms with Gasteiger partial charge in [-0.1, -0.05) is 37.1 Å². The molecule has 0 spiro atoms. The first kappa shape index (κ1) is 13.8. The van der Waals surface area contributed by atoms with Crippen LogP contribution in [0, 0.1) is 0 Å². The van der Waals surface area contributed by atoms with Crippen molar-refractivity contribution >= 4 is 17.3 Å². The van der Waals surface area contributed by atoms with E-state index in [0.29, 0.717) is 16.5 Å². The number of aryl methyl sites for hydroxylation is 1. The quantitative estimate of drug-likeness (QED) is 0.774. The van der Waals surface area contributed by atoms with Crippen molar-refractivity contribution in [1.29, 1.82) is 0 Å². The Bertz CT molecular complexity index is 537. The number of unbranched alkanes of at least 4 members (excludes halogenated alkanes) is 1. The highest BCUT2D eigenvalue weighted by Crippen LogP contribution is 2.29. The lowest BCUT2D eigenvalue weighted by Gasteiger charge is -2.09. The monoisotopic (exact) mass is 275 g/mol. The van der Waals surface area contributed by atoms with Gasteiger partial charge in [0.05, 0.1) is 5.69 Å². The van der Waals surface area contributed by atoms with Gasteiger partial charge in [-0.25, -0.2) is 0 Å². The summed E-state index contributed by atoms with van der Waals surface area (Å²) in [5, 5.41) is 0.611. The number of rotatable bonds is 5. The van der Waals surface area contributed by atoms with Crippen LogP contribution in [0.1, 0.15) is 25.3 Å². The van der Waals surface area contributed by atoms with Crippen molar-refractivity contribution in [3.05, 3.63) is 53.1 Å². The average molecular weight is 276 g/mol. The van der Waals surface area contributed by atoms with E-state index in [9.17, 15) is 0 Å². The predicted molar refractivity (Wildman–Crippen MR) is 81.0 cm³/mol. The van der Waals surface area contributed by atoms with E-state index in [-0.39, 0.29) is 0 Å². The molecule has 0 atom stereocenters. The van der Waals surface area contributed by atoms with Crippen molar-refractivity contribution in [2.75, 3.05) is 5.73 Å². The molecule has 0 saturated carbocycles. The Morgan fingerprint density at radius 2 is 1.84 bits per heavy atom. The van der Waals surface area contributed by atoms with Crippen molar-refractivity contribution in [2.24, 2.45) is 0 Å². The van der Waals surface area contributed by atoms with E-state index in [2.05, 4.69) is 19.1 Å². The molecule has 2 N–H and O–H groups in total. The van der Waals surface area contributed by atoms with E-state index in [4.69, 9.17) is 22.1 Å². The van der Waals surface area contributed by atoms with Crippen molar-refractivity contribution < 1.29 is 4.74 Å². The maximum atomic E-state index is 5.86. The minimum Gasteiger partial charge on any atom is -0.455 e. The fourth-order valence-electron chi connectivity index (χ4n) is 1.84. The number of nitrogen functional groups attached to an aromatic ring is 1. The molecule has 100 valence electrons. The molecule has 0 bridgehead atoms. The molecule has 2 rings (SSSR count). The van der Waals surface area contributed by atoms with Gasteiger partial charge in [0.2, 0.25) is 0 Å². The van der Waals surface area contributed by atoms with Crippen LogP contribution in [-0.2, 0) is 6.42 Å². The molecule has 0 saturated heterocycles. The summed E-state index contributed by atoms with van der Waals surface area (Å²) in [5.41, 5.74) is 7.73. The SMILES string of the molecule is CCCCc1ccc(Oc2ccc(Cl)cc2N)cc1. The van der Waals surface area contributed by atoms with E-state index in [1.807, 2.05) is 12.1 Å². The lowest BCUT2D eigenvalue weighted by Crippen LogP contribution is -1.92. The highest BCUT2D eigenvalue weighted by Gasteiger charge is 2.03. The minimum atomic E-state index is 0.544. The summed E-state index contributed by atoms with van der Waals surface area (Å²) in [7, 11) is 0. The summed E-state index contributed by atoms with van der Waals surface area (Å²) in [4.78, 5) is 0. The van der Waals surface area contributed by atoms with Crippen LogP contribution < -0.4 is 10.5 Å². The molecule has 0 aliphatic heterocycles. The standard InChI is InChI=1S/C16H18ClNO/c1-2-3-4-12-5-8-14(9-6-12)19-16-10-7-13(17)11-15(16)18/h5-11H,2-4,18H2,1H3. The van der Waals surface area contributed by atoms with Crippen molar-refractivity contribution in [2.45, 2.75) is 26.2 Å². The summed E-state index contributed by atoms with van der Waals surface area (Å²) >= 11 is 5.85. The fourth-order valence-corrected chi connectivity index (χ4v) is 2.02. The van der Waals surface area contributed by atoms with Crippen molar-refractivity contribution in [3.8, 4) is 11.5 Å². The van der Waals surface area contributed by atoms with Crippen LogP contribution in [0.15, 0.2) is 42.5 Å². The van der Waals surface area contributed by atoms with Gasteiger partial charge < -0.3 is 10.5 Å². The second kappa shape index (κ2) is 6.48. The molecule has 0 radical (unpaired) electrons.